The lowest BCUT2D eigenvalue weighted by molar-refractivity contribution is -0.134. The average Bonchev–Trinajstić information content (AvgIpc) is 2.92. The smallest absolute Gasteiger partial charge is 0.225 e. The summed E-state index contributed by atoms with van der Waals surface area (Å²) in [6.45, 7) is 6.91. The van der Waals surface area contributed by atoms with E-state index in [1.54, 1.807) is 17.5 Å². The Morgan fingerprint density at radius 1 is 1.42 bits per heavy atom. The van der Waals surface area contributed by atoms with Crippen molar-refractivity contribution in [1.82, 2.24) is 9.88 Å². The van der Waals surface area contributed by atoms with Gasteiger partial charge in [0.15, 0.2) is 5.13 Å². The lowest BCUT2D eigenvalue weighted by Crippen LogP contribution is -2.49. The van der Waals surface area contributed by atoms with Gasteiger partial charge in [0.1, 0.15) is 0 Å². The highest BCUT2D eigenvalue weighted by Crippen LogP contribution is 2.19. The summed E-state index contributed by atoms with van der Waals surface area (Å²) in [6.07, 6.45) is 1.50. The first-order valence-corrected chi connectivity index (χ1v) is 7.56. The zero-order valence-electron chi connectivity index (χ0n) is 11.5. The van der Waals surface area contributed by atoms with Gasteiger partial charge in [-0.2, -0.15) is 0 Å². The van der Waals surface area contributed by atoms with E-state index in [2.05, 4.69) is 9.88 Å². The Balaban J connectivity index is 1.81. The van der Waals surface area contributed by atoms with Crippen LogP contribution < -0.4 is 4.90 Å². The third-order valence-corrected chi connectivity index (χ3v) is 4.31. The van der Waals surface area contributed by atoms with Crippen LogP contribution in [-0.4, -0.2) is 53.2 Å². The zero-order valence-corrected chi connectivity index (χ0v) is 12.3. The van der Waals surface area contributed by atoms with E-state index in [0.29, 0.717) is 13.1 Å². The van der Waals surface area contributed by atoms with Gasteiger partial charge in [-0.05, 0) is 5.92 Å². The van der Waals surface area contributed by atoms with E-state index >= 15 is 0 Å². The lowest BCUT2D eigenvalue weighted by Gasteiger charge is -2.35. The number of aliphatic hydroxyl groups excluding tert-OH is 1. The van der Waals surface area contributed by atoms with Crippen LogP contribution in [0.2, 0.25) is 0 Å². The molecule has 1 unspecified atom stereocenters. The number of amides is 1. The van der Waals surface area contributed by atoms with Crippen LogP contribution in [0.15, 0.2) is 11.6 Å². The van der Waals surface area contributed by atoms with E-state index in [9.17, 15) is 9.90 Å². The van der Waals surface area contributed by atoms with Crippen molar-refractivity contribution in [2.75, 3.05) is 31.1 Å². The Morgan fingerprint density at radius 3 is 2.63 bits per heavy atom. The molecule has 1 aromatic heterocycles. The largest absolute Gasteiger partial charge is 0.392 e. The summed E-state index contributed by atoms with van der Waals surface area (Å²) in [5, 5.41) is 12.8. The van der Waals surface area contributed by atoms with Crippen molar-refractivity contribution in [2.45, 2.75) is 26.4 Å². The molecule has 1 amide bonds. The van der Waals surface area contributed by atoms with Crippen molar-refractivity contribution in [3.05, 3.63) is 11.6 Å². The van der Waals surface area contributed by atoms with Crippen molar-refractivity contribution < 1.29 is 9.90 Å². The predicted molar refractivity (Wildman–Crippen MR) is 76.4 cm³/mol. The van der Waals surface area contributed by atoms with Gasteiger partial charge in [0.05, 0.1) is 12.5 Å². The second kappa shape index (κ2) is 6.34. The number of hydrogen-bond donors (Lipinski definition) is 1. The van der Waals surface area contributed by atoms with Gasteiger partial charge in [-0.1, -0.05) is 13.8 Å². The molecule has 6 heteroatoms. The topological polar surface area (TPSA) is 56.7 Å². The molecule has 0 bridgehead atoms. The second-order valence-corrected chi connectivity index (χ2v) is 6.07. The van der Waals surface area contributed by atoms with Crippen molar-refractivity contribution in [3.8, 4) is 0 Å². The first-order chi connectivity index (χ1) is 9.08. The Hall–Kier alpha value is -1.14. The van der Waals surface area contributed by atoms with E-state index in [4.69, 9.17) is 0 Å². The number of carbonyl (C=O) groups is 1. The number of aromatic nitrogens is 1. The highest BCUT2D eigenvalue weighted by molar-refractivity contribution is 7.13. The molecule has 0 aromatic carbocycles. The van der Waals surface area contributed by atoms with Gasteiger partial charge in [-0.3, -0.25) is 4.79 Å². The van der Waals surface area contributed by atoms with Gasteiger partial charge in [0.2, 0.25) is 5.91 Å². The Kier molecular flexibility index (Phi) is 4.76. The number of carbonyl (C=O) groups excluding carboxylic acids is 1. The monoisotopic (exact) mass is 283 g/mol. The minimum atomic E-state index is -0.538. The lowest BCUT2D eigenvalue weighted by atomic mass is 10.0. The molecule has 0 aliphatic carbocycles. The second-order valence-electron chi connectivity index (χ2n) is 5.20. The fourth-order valence-corrected chi connectivity index (χ4v) is 2.76. The molecule has 1 fully saturated rings. The van der Waals surface area contributed by atoms with Crippen LogP contribution in [0.4, 0.5) is 5.13 Å². The van der Waals surface area contributed by atoms with Crippen LogP contribution in [0.1, 0.15) is 20.3 Å². The number of piperazine rings is 1. The van der Waals surface area contributed by atoms with E-state index < -0.39 is 6.10 Å². The fourth-order valence-electron chi connectivity index (χ4n) is 2.06. The van der Waals surface area contributed by atoms with Gasteiger partial charge in [0, 0.05) is 37.8 Å². The molecule has 1 aromatic rings. The van der Waals surface area contributed by atoms with Crippen LogP contribution in [0.5, 0.6) is 0 Å². The molecule has 1 saturated heterocycles. The number of anilines is 1. The molecule has 0 radical (unpaired) electrons. The summed E-state index contributed by atoms with van der Waals surface area (Å²) in [5.74, 6) is 0.181. The van der Waals surface area contributed by atoms with Crippen LogP contribution in [-0.2, 0) is 4.79 Å². The average molecular weight is 283 g/mol. The first-order valence-electron chi connectivity index (χ1n) is 6.68. The number of nitrogens with zero attached hydrogens (tertiary/aromatic N) is 3. The van der Waals surface area contributed by atoms with Crippen LogP contribution >= 0.6 is 11.3 Å². The molecule has 19 heavy (non-hydrogen) atoms. The van der Waals surface area contributed by atoms with Gasteiger partial charge >= 0.3 is 0 Å². The Labute approximate surface area is 117 Å². The van der Waals surface area contributed by atoms with E-state index in [0.717, 1.165) is 18.2 Å². The molecule has 2 heterocycles. The third kappa shape index (κ3) is 3.67. The van der Waals surface area contributed by atoms with Gasteiger partial charge in [0.25, 0.3) is 0 Å². The molecule has 1 aliphatic heterocycles. The number of hydrogen-bond acceptors (Lipinski definition) is 5. The number of aliphatic hydroxyl groups is 1. The maximum Gasteiger partial charge on any atom is 0.225 e. The van der Waals surface area contributed by atoms with Gasteiger partial charge in [-0.15, -0.1) is 11.3 Å². The summed E-state index contributed by atoms with van der Waals surface area (Å²) in [4.78, 5) is 20.4. The molecule has 1 atom stereocenters. The van der Waals surface area contributed by atoms with Crippen molar-refractivity contribution in [1.29, 1.82) is 0 Å². The molecule has 0 spiro atoms. The first kappa shape index (κ1) is 14.3. The van der Waals surface area contributed by atoms with E-state index in [1.165, 1.54) is 0 Å². The normalized spacial score (nSPS) is 17.9. The van der Waals surface area contributed by atoms with Crippen LogP contribution in [0.25, 0.3) is 0 Å². The van der Waals surface area contributed by atoms with Crippen molar-refractivity contribution in [3.63, 3.8) is 0 Å². The molecular formula is C13H21N3O2S. The summed E-state index contributed by atoms with van der Waals surface area (Å²) in [5.41, 5.74) is 0. The van der Waals surface area contributed by atoms with Crippen molar-refractivity contribution >= 4 is 22.4 Å². The van der Waals surface area contributed by atoms with Gasteiger partial charge in [-0.25, -0.2) is 4.98 Å². The van der Waals surface area contributed by atoms with E-state index in [-0.39, 0.29) is 18.2 Å². The maximum absolute atomic E-state index is 12.0. The molecular weight excluding hydrogens is 262 g/mol. The van der Waals surface area contributed by atoms with Crippen molar-refractivity contribution in [2.24, 2.45) is 5.92 Å². The summed E-state index contributed by atoms with van der Waals surface area (Å²) >= 11 is 1.63. The molecule has 5 nitrogen and oxygen atoms in total. The quantitative estimate of drug-likeness (QED) is 0.902. The molecule has 1 aliphatic rings. The third-order valence-electron chi connectivity index (χ3n) is 3.48. The van der Waals surface area contributed by atoms with Crippen LogP contribution in [0.3, 0.4) is 0 Å². The standard InChI is InChI=1S/C13H21N3O2S/c1-10(2)11(17)9-12(18)15-4-6-16(7-5-15)13-14-3-8-19-13/h3,8,10-11,17H,4-7,9H2,1-2H3. The Morgan fingerprint density at radius 2 is 2.11 bits per heavy atom. The molecule has 106 valence electrons. The highest BCUT2D eigenvalue weighted by atomic mass is 32.1. The Bertz CT molecular complexity index is 400. The highest BCUT2D eigenvalue weighted by Gasteiger charge is 2.24. The number of thiazole rings is 1. The predicted octanol–water partition coefficient (Wildman–Crippen LogP) is 1.20. The maximum atomic E-state index is 12.0. The zero-order chi connectivity index (χ0) is 13.8. The molecule has 2 rings (SSSR count). The fraction of sp³-hybridized carbons (Fsp3) is 0.692. The SMILES string of the molecule is CC(C)C(O)CC(=O)N1CCN(c2nccs2)CC1. The summed E-state index contributed by atoms with van der Waals surface area (Å²) < 4.78 is 0. The molecule has 1 N–H and O–H groups in total. The van der Waals surface area contributed by atoms with Crippen LogP contribution in [0, 0.1) is 5.92 Å². The number of rotatable bonds is 4. The molecule has 0 saturated carbocycles. The minimum Gasteiger partial charge on any atom is -0.392 e. The van der Waals surface area contributed by atoms with Gasteiger partial charge < -0.3 is 14.9 Å². The van der Waals surface area contributed by atoms with E-state index in [1.807, 2.05) is 24.1 Å². The minimum absolute atomic E-state index is 0.0555. The summed E-state index contributed by atoms with van der Waals surface area (Å²) in [7, 11) is 0. The summed E-state index contributed by atoms with van der Waals surface area (Å²) in [6, 6.07) is 0.